The lowest BCUT2D eigenvalue weighted by Crippen LogP contribution is -2.20. The predicted molar refractivity (Wildman–Crippen MR) is 105 cm³/mol. The molecule has 0 fully saturated rings. The first-order valence-corrected chi connectivity index (χ1v) is 8.49. The van der Waals surface area contributed by atoms with Crippen molar-refractivity contribution in [2.75, 3.05) is 19.0 Å². The summed E-state index contributed by atoms with van der Waals surface area (Å²) in [6.45, 7) is 3.91. The third kappa shape index (κ3) is 4.48. The number of hydrogen-bond acceptors (Lipinski definition) is 4. The van der Waals surface area contributed by atoms with Crippen molar-refractivity contribution < 1.29 is 14.3 Å². The maximum Gasteiger partial charge on any atom is 0.262 e. The summed E-state index contributed by atoms with van der Waals surface area (Å²) >= 11 is 6.07. The lowest BCUT2D eigenvalue weighted by Gasteiger charge is -2.14. The van der Waals surface area contributed by atoms with Crippen LogP contribution >= 0.6 is 11.6 Å². The van der Waals surface area contributed by atoms with Gasteiger partial charge in [0, 0.05) is 23.6 Å². The van der Waals surface area contributed by atoms with E-state index in [0.29, 0.717) is 27.9 Å². The van der Waals surface area contributed by atoms with Gasteiger partial charge in [-0.1, -0.05) is 30.3 Å². The monoisotopic (exact) mass is 383 g/mol. The smallest absolute Gasteiger partial charge is 0.262 e. The molecule has 0 aliphatic carbocycles. The molecule has 2 aromatic carbocycles. The SMILES string of the molecule is C=C(c1ccccc1OCC(=O)Nc1ccc(OC)c(Cl)c1)n1ccnc1. The average molecular weight is 384 g/mol. The normalized spacial score (nSPS) is 10.3. The highest BCUT2D eigenvalue weighted by molar-refractivity contribution is 6.32. The summed E-state index contributed by atoms with van der Waals surface area (Å²) in [4.78, 5) is 16.2. The number of hydrogen-bond donors (Lipinski definition) is 1. The van der Waals surface area contributed by atoms with Gasteiger partial charge in [0.15, 0.2) is 6.61 Å². The van der Waals surface area contributed by atoms with Crippen LogP contribution in [-0.4, -0.2) is 29.2 Å². The molecule has 3 aromatic rings. The molecule has 6 nitrogen and oxygen atoms in total. The summed E-state index contributed by atoms with van der Waals surface area (Å²) in [5, 5.41) is 3.15. The van der Waals surface area contributed by atoms with E-state index in [2.05, 4.69) is 16.9 Å². The minimum Gasteiger partial charge on any atom is -0.495 e. The van der Waals surface area contributed by atoms with Crippen LogP contribution in [-0.2, 0) is 4.79 Å². The third-order valence-corrected chi connectivity index (χ3v) is 4.10. The fourth-order valence-electron chi connectivity index (χ4n) is 2.47. The Labute approximate surface area is 162 Å². The number of nitrogens with one attached hydrogen (secondary N) is 1. The summed E-state index contributed by atoms with van der Waals surface area (Å²) in [5.74, 6) is 0.788. The molecule has 0 saturated carbocycles. The van der Waals surface area contributed by atoms with Gasteiger partial charge in [0.1, 0.15) is 11.5 Å². The number of carbonyl (C=O) groups is 1. The fraction of sp³-hybridized carbons (Fsp3) is 0.100. The third-order valence-electron chi connectivity index (χ3n) is 3.81. The Morgan fingerprint density at radius 3 is 2.78 bits per heavy atom. The first-order valence-electron chi connectivity index (χ1n) is 8.11. The lowest BCUT2D eigenvalue weighted by atomic mass is 10.1. The van der Waals surface area contributed by atoms with Crippen molar-refractivity contribution in [1.29, 1.82) is 0 Å². The van der Waals surface area contributed by atoms with Crippen molar-refractivity contribution >= 4 is 28.9 Å². The Morgan fingerprint density at radius 1 is 1.26 bits per heavy atom. The number of halogens is 1. The number of rotatable bonds is 7. The Balaban J connectivity index is 1.66. The molecule has 0 aliphatic heterocycles. The zero-order valence-corrected chi connectivity index (χ0v) is 15.4. The van der Waals surface area contributed by atoms with Crippen LogP contribution in [0.4, 0.5) is 5.69 Å². The molecule has 0 radical (unpaired) electrons. The van der Waals surface area contributed by atoms with Crippen molar-refractivity contribution in [3.63, 3.8) is 0 Å². The molecule has 0 saturated heterocycles. The number of para-hydroxylation sites is 1. The number of imidazole rings is 1. The largest absolute Gasteiger partial charge is 0.495 e. The summed E-state index contributed by atoms with van der Waals surface area (Å²) < 4.78 is 12.6. The van der Waals surface area contributed by atoms with Gasteiger partial charge in [0.25, 0.3) is 5.91 Å². The van der Waals surface area contributed by atoms with Gasteiger partial charge < -0.3 is 19.4 Å². The van der Waals surface area contributed by atoms with E-state index in [1.165, 1.54) is 7.11 Å². The molecule has 0 unspecified atom stereocenters. The van der Waals surface area contributed by atoms with E-state index in [0.717, 1.165) is 5.56 Å². The number of nitrogens with zero attached hydrogens (tertiary/aromatic N) is 2. The van der Waals surface area contributed by atoms with E-state index in [-0.39, 0.29) is 12.5 Å². The predicted octanol–water partition coefficient (Wildman–Crippen LogP) is 4.08. The van der Waals surface area contributed by atoms with E-state index in [1.807, 2.05) is 18.2 Å². The second-order valence-electron chi connectivity index (χ2n) is 5.60. The molecule has 1 N–H and O–H groups in total. The summed E-state index contributed by atoms with van der Waals surface area (Å²) in [6.07, 6.45) is 5.11. The van der Waals surface area contributed by atoms with Crippen molar-refractivity contribution in [3.05, 3.63) is 78.4 Å². The van der Waals surface area contributed by atoms with Crippen LogP contribution in [0, 0.1) is 0 Å². The van der Waals surface area contributed by atoms with Gasteiger partial charge in [-0.15, -0.1) is 0 Å². The van der Waals surface area contributed by atoms with E-state index in [1.54, 1.807) is 47.6 Å². The topological polar surface area (TPSA) is 65.4 Å². The molecular weight excluding hydrogens is 366 g/mol. The van der Waals surface area contributed by atoms with Gasteiger partial charge in [-0.05, 0) is 30.3 Å². The minimum absolute atomic E-state index is 0.155. The second kappa shape index (κ2) is 8.42. The Morgan fingerprint density at radius 2 is 2.07 bits per heavy atom. The van der Waals surface area contributed by atoms with Crippen LogP contribution in [0.25, 0.3) is 5.70 Å². The average Bonchev–Trinajstić information content (AvgIpc) is 3.21. The van der Waals surface area contributed by atoms with Crippen LogP contribution in [0.5, 0.6) is 11.5 Å². The zero-order chi connectivity index (χ0) is 19.2. The van der Waals surface area contributed by atoms with Crippen molar-refractivity contribution in [2.24, 2.45) is 0 Å². The van der Waals surface area contributed by atoms with Gasteiger partial charge in [-0.2, -0.15) is 0 Å². The van der Waals surface area contributed by atoms with Gasteiger partial charge >= 0.3 is 0 Å². The van der Waals surface area contributed by atoms with Crippen molar-refractivity contribution in [1.82, 2.24) is 9.55 Å². The molecule has 0 spiro atoms. The first kappa shape index (κ1) is 18.5. The highest BCUT2D eigenvalue weighted by Gasteiger charge is 2.11. The van der Waals surface area contributed by atoms with Crippen LogP contribution < -0.4 is 14.8 Å². The molecular formula is C20H18ClN3O3. The molecule has 3 rings (SSSR count). The number of aromatic nitrogens is 2. The molecule has 7 heteroatoms. The van der Waals surface area contributed by atoms with E-state index < -0.39 is 0 Å². The molecule has 1 aromatic heterocycles. The molecule has 138 valence electrons. The van der Waals surface area contributed by atoms with E-state index in [4.69, 9.17) is 21.1 Å². The minimum atomic E-state index is -0.306. The number of methoxy groups -OCH3 is 1. The van der Waals surface area contributed by atoms with Gasteiger partial charge in [0.2, 0.25) is 0 Å². The van der Waals surface area contributed by atoms with Crippen LogP contribution in [0.3, 0.4) is 0 Å². The number of anilines is 1. The highest BCUT2D eigenvalue weighted by atomic mass is 35.5. The molecule has 1 heterocycles. The van der Waals surface area contributed by atoms with Gasteiger partial charge in [0.05, 0.1) is 24.2 Å². The standard InChI is InChI=1S/C20H18ClN3O3/c1-14(24-10-9-22-13-24)16-5-3-4-6-18(16)27-12-20(25)23-15-7-8-19(26-2)17(21)11-15/h3-11,13H,1,12H2,2H3,(H,23,25). The molecule has 1 amide bonds. The summed E-state index contributed by atoms with van der Waals surface area (Å²) in [6, 6.07) is 12.4. The maximum absolute atomic E-state index is 12.2. The van der Waals surface area contributed by atoms with Crippen LogP contribution in [0.2, 0.25) is 5.02 Å². The van der Waals surface area contributed by atoms with Crippen molar-refractivity contribution in [3.8, 4) is 11.5 Å². The van der Waals surface area contributed by atoms with Crippen LogP contribution in [0.15, 0.2) is 67.8 Å². The Bertz CT molecular complexity index is 955. The van der Waals surface area contributed by atoms with Crippen LogP contribution in [0.1, 0.15) is 5.56 Å². The first-order chi connectivity index (χ1) is 13.1. The zero-order valence-electron chi connectivity index (χ0n) is 14.7. The molecule has 0 aliphatic rings. The summed E-state index contributed by atoms with van der Waals surface area (Å²) in [7, 11) is 1.53. The fourth-order valence-corrected chi connectivity index (χ4v) is 2.73. The quantitative estimate of drug-likeness (QED) is 0.667. The molecule has 0 bridgehead atoms. The maximum atomic E-state index is 12.2. The number of carbonyl (C=O) groups excluding carboxylic acids is 1. The summed E-state index contributed by atoms with van der Waals surface area (Å²) in [5.41, 5.74) is 2.03. The number of ether oxygens (including phenoxy) is 2. The Hall–Kier alpha value is -3.25. The second-order valence-corrected chi connectivity index (χ2v) is 6.01. The number of amides is 1. The highest BCUT2D eigenvalue weighted by Crippen LogP contribution is 2.28. The molecule has 0 atom stereocenters. The van der Waals surface area contributed by atoms with Gasteiger partial charge in [-0.3, -0.25) is 4.79 Å². The number of benzene rings is 2. The lowest BCUT2D eigenvalue weighted by molar-refractivity contribution is -0.118. The molecule has 27 heavy (non-hydrogen) atoms. The Kier molecular flexibility index (Phi) is 5.78. The van der Waals surface area contributed by atoms with E-state index >= 15 is 0 Å². The van der Waals surface area contributed by atoms with E-state index in [9.17, 15) is 4.79 Å². The van der Waals surface area contributed by atoms with Crippen molar-refractivity contribution in [2.45, 2.75) is 0 Å². The van der Waals surface area contributed by atoms with Gasteiger partial charge in [-0.25, -0.2) is 4.98 Å².